The number of benzene rings is 3. The first-order chi connectivity index (χ1) is 9.74. The molecule has 0 bridgehead atoms. The van der Waals surface area contributed by atoms with E-state index in [1.54, 1.807) is 0 Å². The maximum atomic E-state index is 6.31. The van der Waals surface area contributed by atoms with Crippen LogP contribution >= 0.6 is 27.5 Å². The average molecular weight is 344 g/mol. The van der Waals surface area contributed by atoms with E-state index in [1.165, 1.54) is 11.1 Å². The van der Waals surface area contributed by atoms with Crippen LogP contribution in [0.1, 0.15) is 0 Å². The van der Waals surface area contributed by atoms with E-state index in [2.05, 4.69) is 52.3 Å². The second-order valence-corrected chi connectivity index (χ2v) is 5.89. The zero-order chi connectivity index (χ0) is 13.9. The van der Waals surface area contributed by atoms with Crippen molar-refractivity contribution in [1.82, 2.24) is 0 Å². The Hall–Kier alpha value is -1.57. The molecule has 0 N–H and O–H groups in total. The molecule has 3 rings (SSSR count). The number of hydrogen-bond donors (Lipinski definition) is 0. The van der Waals surface area contributed by atoms with Gasteiger partial charge in [-0.2, -0.15) is 0 Å². The highest BCUT2D eigenvalue weighted by molar-refractivity contribution is 9.10. The van der Waals surface area contributed by atoms with Crippen molar-refractivity contribution in [3.63, 3.8) is 0 Å². The standard InChI is InChI=1S/C18H12BrCl/c19-16-9-10-18(20)17(12-16)15-8-4-7-14(11-15)13-5-2-1-3-6-13/h1-12H. The Labute approximate surface area is 132 Å². The number of rotatable bonds is 2. The molecule has 0 radical (unpaired) electrons. The third-order valence-corrected chi connectivity index (χ3v) is 4.03. The summed E-state index contributed by atoms with van der Waals surface area (Å²) in [4.78, 5) is 0. The van der Waals surface area contributed by atoms with E-state index in [0.717, 1.165) is 20.6 Å². The zero-order valence-electron chi connectivity index (χ0n) is 10.7. The van der Waals surface area contributed by atoms with Crippen molar-refractivity contribution in [2.45, 2.75) is 0 Å². The first-order valence-corrected chi connectivity index (χ1v) is 7.52. The molecule has 0 aliphatic carbocycles. The van der Waals surface area contributed by atoms with E-state index in [1.807, 2.05) is 36.4 Å². The predicted molar refractivity (Wildman–Crippen MR) is 90.0 cm³/mol. The predicted octanol–water partition coefficient (Wildman–Crippen LogP) is 6.44. The molecule has 0 unspecified atom stereocenters. The summed E-state index contributed by atoms with van der Waals surface area (Å²) in [7, 11) is 0. The minimum Gasteiger partial charge on any atom is -0.0837 e. The molecule has 0 spiro atoms. The van der Waals surface area contributed by atoms with Crippen LogP contribution in [0.2, 0.25) is 5.02 Å². The lowest BCUT2D eigenvalue weighted by Gasteiger charge is -2.08. The van der Waals surface area contributed by atoms with Crippen LogP contribution in [0.4, 0.5) is 0 Å². The molecule has 98 valence electrons. The quantitative estimate of drug-likeness (QED) is 0.502. The van der Waals surface area contributed by atoms with Gasteiger partial charge in [0.05, 0.1) is 0 Å². The summed E-state index contributed by atoms with van der Waals surface area (Å²) in [5, 5.41) is 0.762. The molecular formula is C18H12BrCl. The number of halogens is 2. The fraction of sp³-hybridized carbons (Fsp3) is 0. The summed E-state index contributed by atoms with van der Waals surface area (Å²) in [6.07, 6.45) is 0. The smallest absolute Gasteiger partial charge is 0.0485 e. The Morgan fingerprint density at radius 3 is 2.15 bits per heavy atom. The third-order valence-electron chi connectivity index (χ3n) is 3.21. The van der Waals surface area contributed by atoms with Crippen molar-refractivity contribution in [3.05, 3.63) is 82.3 Å². The van der Waals surface area contributed by atoms with Crippen molar-refractivity contribution in [2.75, 3.05) is 0 Å². The minimum atomic E-state index is 0.762. The minimum absolute atomic E-state index is 0.762. The Balaban J connectivity index is 2.10. The molecule has 20 heavy (non-hydrogen) atoms. The highest BCUT2D eigenvalue weighted by Gasteiger charge is 2.06. The molecule has 0 aliphatic heterocycles. The van der Waals surface area contributed by atoms with Gasteiger partial charge >= 0.3 is 0 Å². The van der Waals surface area contributed by atoms with Gasteiger partial charge in [0.25, 0.3) is 0 Å². The highest BCUT2D eigenvalue weighted by atomic mass is 79.9. The SMILES string of the molecule is Clc1ccc(Br)cc1-c1cccc(-c2ccccc2)c1. The molecule has 3 aromatic rings. The summed E-state index contributed by atoms with van der Waals surface area (Å²) < 4.78 is 1.03. The molecule has 0 saturated carbocycles. The summed E-state index contributed by atoms with van der Waals surface area (Å²) in [6, 6.07) is 24.7. The van der Waals surface area contributed by atoms with E-state index < -0.39 is 0 Å². The lowest BCUT2D eigenvalue weighted by Crippen LogP contribution is -1.82. The summed E-state index contributed by atoms with van der Waals surface area (Å²) in [6.45, 7) is 0. The molecule has 0 amide bonds. The van der Waals surface area contributed by atoms with E-state index in [9.17, 15) is 0 Å². The van der Waals surface area contributed by atoms with Gasteiger partial charge in [0.2, 0.25) is 0 Å². The van der Waals surface area contributed by atoms with Crippen LogP contribution in [0, 0.1) is 0 Å². The van der Waals surface area contributed by atoms with Crippen LogP contribution in [0.25, 0.3) is 22.3 Å². The second kappa shape index (κ2) is 5.82. The molecule has 0 aromatic heterocycles. The molecule has 2 heteroatoms. The van der Waals surface area contributed by atoms with Crippen molar-refractivity contribution in [2.24, 2.45) is 0 Å². The second-order valence-electron chi connectivity index (χ2n) is 4.57. The first kappa shape index (κ1) is 13.4. The van der Waals surface area contributed by atoms with Gasteiger partial charge in [0.15, 0.2) is 0 Å². The maximum Gasteiger partial charge on any atom is 0.0485 e. The Morgan fingerprint density at radius 1 is 0.650 bits per heavy atom. The van der Waals surface area contributed by atoms with Gasteiger partial charge in [-0.3, -0.25) is 0 Å². The van der Waals surface area contributed by atoms with Gasteiger partial charge in [-0.05, 0) is 41.0 Å². The van der Waals surface area contributed by atoms with E-state index >= 15 is 0 Å². The number of hydrogen-bond acceptors (Lipinski definition) is 0. The molecule has 0 aliphatic rings. The lowest BCUT2D eigenvalue weighted by atomic mass is 9.99. The van der Waals surface area contributed by atoms with E-state index in [0.29, 0.717) is 0 Å². The molecular weight excluding hydrogens is 332 g/mol. The Kier molecular flexibility index (Phi) is 3.90. The van der Waals surface area contributed by atoms with Crippen molar-refractivity contribution >= 4 is 27.5 Å². The van der Waals surface area contributed by atoms with Gasteiger partial charge in [0, 0.05) is 15.1 Å². The molecule has 0 heterocycles. The zero-order valence-corrected chi connectivity index (χ0v) is 13.0. The van der Waals surface area contributed by atoms with Crippen LogP contribution in [0.5, 0.6) is 0 Å². The topological polar surface area (TPSA) is 0 Å². The van der Waals surface area contributed by atoms with E-state index in [4.69, 9.17) is 11.6 Å². The highest BCUT2D eigenvalue weighted by Crippen LogP contribution is 2.33. The van der Waals surface area contributed by atoms with Crippen LogP contribution in [-0.2, 0) is 0 Å². The molecule has 3 aromatic carbocycles. The van der Waals surface area contributed by atoms with E-state index in [-0.39, 0.29) is 0 Å². The Morgan fingerprint density at radius 2 is 1.35 bits per heavy atom. The Bertz CT molecular complexity index is 735. The molecule has 0 saturated heterocycles. The summed E-state index contributed by atoms with van der Waals surface area (Å²) in [5.74, 6) is 0. The maximum absolute atomic E-state index is 6.31. The van der Waals surface area contributed by atoms with Gasteiger partial charge in [-0.15, -0.1) is 0 Å². The van der Waals surface area contributed by atoms with Crippen molar-refractivity contribution in [3.8, 4) is 22.3 Å². The summed E-state index contributed by atoms with van der Waals surface area (Å²) >= 11 is 9.81. The van der Waals surface area contributed by atoms with Crippen molar-refractivity contribution < 1.29 is 0 Å². The van der Waals surface area contributed by atoms with Crippen LogP contribution in [0.3, 0.4) is 0 Å². The fourth-order valence-corrected chi connectivity index (χ4v) is 2.80. The third kappa shape index (κ3) is 2.79. The summed E-state index contributed by atoms with van der Waals surface area (Å²) in [5.41, 5.74) is 4.57. The molecule has 0 fully saturated rings. The van der Waals surface area contributed by atoms with Gasteiger partial charge in [-0.1, -0.05) is 76.1 Å². The molecule has 0 atom stereocenters. The molecule has 0 nitrogen and oxygen atoms in total. The average Bonchev–Trinajstić information content (AvgIpc) is 2.51. The van der Waals surface area contributed by atoms with Gasteiger partial charge in [0.1, 0.15) is 0 Å². The van der Waals surface area contributed by atoms with Gasteiger partial charge < -0.3 is 0 Å². The van der Waals surface area contributed by atoms with Crippen LogP contribution in [-0.4, -0.2) is 0 Å². The largest absolute Gasteiger partial charge is 0.0837 e. The fourth-order valence-electron chi connectivity index (χ4n) is 2.22. The normalized spacial score (nSPS) is 10.5. The first-order valence-electron chi connectivity index (χ1n) is 6.35. The lowest BCUT2D eigenvalue weighted by molar-refractivity contribution is 1.57. The van der Waals surface area contributed by atoms with Crippen molar-refractivity contribution in [1.29, 1.82) is 0 Å². The van der Waals surface area contributed by atoms with Gasteiger partial charge in [-0.25, -0.2) is 0 Å². The van der Waals surface area contributed by atoms with Crippen LogP contribution < -0.4 is 0 Å². The monoisotopic (exact) mass is 342 g/mol. The van der Waals surface area contributed by atoms with Crippen LogP contribution in [0.15, 0.2) is 77.3 Å².